The summed E-state index contributed by atoms with van der Waals surface area (Å²) in [5.74, 6) is 0.698. The van der Waals surface area contributed by atoms with Crippen LogP contribution in [0.3, 0.4) is 0 Å². The van der Waals surface area contributed by atoms with Crippen LogP contribution in [0.5, 0.6) is 0 Å². The maximum absolute atomic E-state index is 11.9. The van der Waals surface area contributed by atoms with Gasteiger partial charge in [-0.2, -0.15) is 0 Å². The molecule has 0 aromatic heterocycles. The average Bonchev–Trinajstić information content (AvgIpc) is 3.06. The smallest absolute Gasteiger partial charge is 0.227 e. The molecular formula is C12H13BrClNO. The minimum atomic E-state index is 0.0579. The standard InChI is InChI=1S/C12H13BrClNO/c1-7(8-2-3-8)12(16)15-11-6-9(13)4-5-10(11)14/h4-8H,2-3H2,1H3,(H,15,16). The summed E-state index contributed by atoms with van der Waals surface area (Å²) in [7, 11) is 0. The van der Waals surface area contributed by atoms with Crippen molar-refractivity contribution in [1.29, 1.82) is 0 Å². The van der Waals surface area contributed by atoms with Crippen LogP contribution in [0, 0.1) is 11.8 Å². The molecule has 2 rings (SSSR count). The van der Waals surface area contributed by atoms with E-state index in [1.165, 1.54) is 12.8 Å². The van der Waals surface area contributed by atoms with Gasteiger partial charge in [0, 0.05) is 10.4 Å². The number of carbonyl (C=O) groups is 1. The highest BCUT2D eigenvalue weighted by Gasteiger charge is 2.32. The first-order valence-electron chi connectivity index (χ1n) is 5.34. The highest BCUT2D eigenvalue weighted by Crippen LogP contribution is 2.37. The van der Waals surface area contributed by atoms with Crippen molar-refractivity contribution in [2.75, 3.05) is 5.32 Å². The Kier molecular flexibility index (Phi) is 3.55. The lowest BCUT2D eigenvalue weighted by molar-refractivity contribution is -0.119. The van der Waals surface area contributed by atoms with Gasteiger partial charge < -0.3 is 5.32 Å². The molecule has 16 heavy (non-hydrogen) atoms. The number of anilines is 1. The highest BCUT2D eigenvalue weighted by molar-refractivity contribution is 9.10. The Balaban J connectivity index is 2.07. The molecule has 0 bridgehead atoms. The Morgan fingerprint density at radius 1 is 1.56 bits per heavy atom. The van der Waals surface area contributed by atoms with Crippen LogP contribution in [0.1, 0.15) is 19.8 Å². The molecule has 0 aliphatic heterocycles. The van der Waals surface area contributed by atoms with E-state index in [0.29, 0.717) is 16.6 Å². The number of rotatable bonds is 3. The fraction of sp³-hybridized carbons (Fsp3) is 0.417. The van der Waals surface area contributed by atoms with Gasteiger partial charge in [0.2, 0.25) is 5.91 Å². The zero-order valence-electron chi connectivity index (χ0n) is 8.97. The summed E-state index contributed by atoms with van der Waals surface area (Å²) in [6, 6.07) is 5.44. The van der Waals surface area contributed by atoms with Crippen molar-refractivity contribution in [3.05, 3.63) is 27.7 Å². The van der Waals surface area contributed by atoms with E-state index < -0.39 is 0 Å². The molecule has 1 fully saturated rings. The molecule has 1 aromatic rings. The fourth-order valence-corrected chi connectivity index (χ4v) is 2.18. The van der Waals surface area contributed by atoms with E-state index in [1.807, 2.05) is 19.1 Å². The minimum Gasteiger partial charge on any atom is -0.324 e. The third-order valence-electron chi connectivity index (χ3n) is 2.93. The van der Waals surface area contributed by atoms with Gasteiger partial charge in [-0.15, -0.1) is 0 Å². The molecule has 2 nitrogen and oxygen atoms in total. The largest absolute Gasteiger partial charge is 0.324 e. The van der Waals surface area contributed by atoms with Gasteiger partial charge in [0.05, 0.1) is 10.7 Å². The van der Waals surface area contributed by atoms with E-state index in [1.54, 1.807) is 6.07 Å². The lowest BCUT2D eigenvalue weighted by Crippen LogP contribution is -2.21. The van der Waals surface area contributed by atoms with Crippen molar-refractivity contribution in [2.24, 2.45) is 11.8 Å². The molecule has 1 aliphatic rings. The quantitative estimate of drug-likeness (QED) is 0.895. The second kappa shape index (κ2) is 4.76. The molecule has 0 radical (unpaired) electrons. The molecule has 86 valence electrons. The highest BCUT2D eigenvalue weighted by atomic mass is 79.9. The van der Waals surface area contributed by atoms with E-state index in [0.717, 1.165) is 4.47 Å². The molecule has 1 N–H and O–H groups in total. The van der Waals surface area contributed by atoms with Crippen LogP contribution in [0.15, 0.2) is 22.7 Å². The van der Waals surface area contributed by atoms with Crippen molar-refractivity contribution in [1.82, 2.24) is 0 Å². The maximum atomic E-state index is 11.9. The molecule has 1 aromatic carbocycles. The van der Waals surface area contributed by atoms with Crippen LogP contribution >= 0.6 is 27.5 Å². The molecule has 1 atom stereocenters. The van der Waals surface area contributed by atoms with Crippen molar-refractivity contribution in [2.45, 2.75) is 19.8 Å². The van der Waals surface area contributed by atoms with E-state index in [2.05, 4.69) is 21.2 Å². The number of hydrogen-bond acceptors (Lipinski definition) is 1. The molecule has 1 aliphatic carbocycles. The molecule has 0 saturated heterocycles. The summed E-state index contributed by atoms with van der Waals surface area (Å²) in [5.41, 5.74) is 0.675. The second-order valence-corrected chi connectivity index (χ2v) is 5.56. The van der Waals surface area contributed by atoms with Crippen LogP contribution < -0.4 is 5.32 Å². The number of nitrogens with one attached hydrogen (secondary N) is 1. The predicted octanol–water partition coefficient (Wildman–Crippen LogP) is 4.09. The summed E-state index contributed by atoms with van der Waals surface area (Å²) in [6.07, 6.45) is 2.33. The van der Waals surface area contributed by atoms with Crippen LogP contribution in [0.2, 0.25) is 5.02 Å². The minimum absolute atomic E-state index is 0.0579. The summed E-state index contributed by atoms with van der Waals surface area (Å²) in [6.45, 7) is 1.97. The van der Waals surface area contributed by atoms with Gasteiger partial charge in [-0.3, -0.25) is 4.79 Å². The predicted molar refractivity (Wildman–Crippen MR) is 69.7 cm³/mol. The topological polar surface area (TPSA) is 29.1 Å². The molecule has 1 unspecified atom stereocenters. The SMILES string of the molecule is CC(C(=O)Nc1cc(Br)ccc1Cl)C1CC1. The molecule has 4 heteroatoms. The lowest BCUT2D eigenvalue weighted by atomic mass is 10.1. The van der Waals surface area contributed by atoms with E-state index in [4.69, 9.17) is 11.6 Å². The molecule has 0 spiro atoms. The van der Waals surface area contributed by atoms with Gasteiger partial charge in [0.25, 0.3) is 0 Å². The first kappa shape index (κ1) is 11.9. The van der Waals surface area contributed by atoms with Crippen molar-refractivity contribution in [3.8, 4) is 0 Å². The maximum Gasteiger partial charge on any atom is 0.227 e. The Morgan fingerprint density at radius 2 is 2.25 bits per heavy atom. The molecule has 1 amide bonds. The van der Waals surface area contributed by atoms with Gasteiger partial charge >= 0.3 is 0 Å². The monoisotopic (exact) mass is 301 g/mol. The molecule has 1 saturated carbocycles. The third kappa shape index (κ3) is 2.77. The van der Waals surface area contributed by atoms with Crippen molar-refractivity contribution >= 4 is 39.1 Å². The van der Waals surface area contributed by atoms with Crippen LogP contribution in [-0.2, 0) is 4.79 Å². The Bertz CT molecular complexity index is 417. The van der Waals surface area contributed by atoms with E-state index >= 15 is 0 Å². The summed E-state index contributed by atoms with van der Waals surface area (Å²) in [4.78, 5) is 11.9. The first-order chi connectivity index (χ1) is 7.58. The number of carbonyl (C=O) groups excluding carboxylic acids is 1. The van der Waals surface area contributed by atoms with Crippen molar-refractivity contribution in [3.63, 3.8) is 0 Å². The number of benzene rings is 1. The summed E-state index contributed by atoms with van der Waals surface area (Å²) in [5, 5.41) is 3.44. The van der Waals surface area contributed by atoms with E-state index in [9.17, 15) is 4.79 Å². The zero-order valence-corrected chi connectivity index (χ0v) is 11.3. The van der Waals surface area contributed by atoms with Crippen molar-refractivity contribution < 1.29 is 4.79 Å². The van der Waals surface area contributed by atoms with Gasteiger partial charge in [0.15, 0.2) is 0 Å². The van der Waals surface area contributed by atoms with Gasteiger partial charge in [-0.1, -0.05) is 34.5 Å². The van der Waals surface area contributed by atoms with Crippen LogP contribution in [-0.4, -0.2) is 5.91 Å². The number of amides is 1. The summed E-state index contributed by atoms with van der Waals surface area (Å²) >= 11 is 9.36. The van der Waals surface area contributed by atoms with Crippen LogP contribution in [0.25, 0.3) is 0 Å². The molecule has 0 heterocycles. The van der Waals surface area contributed by atoms with Gasteiger partial charge in [-0.05, 0) is 37.0 Å². The summed E-state index contributed by atoms with van der Waals surface area (Å²) < 4.78 is 0.909. The van der Waals surface area contributed by atoms with Gasteiger partial charge in [0.1, 0.15) is 0 Å². The lowest BCUT2D eigenvalue weighted by Gasteiger charge is -2.12. The number of halogens is 2. The normalized spacial score (nSPS) is 16.9. The Hall–Kier alpha value is -0.540. The average molecular weight is 303 g/mol. The number of hydrogen-bond donors (Lipinski definition) is 1. The van der Waals surface area contributed by atoms with E-state index in [-0.39, 0.29) is 11.8 Å². The third-order valence-corrected chi connectivity index (χ3v) is 3.75. The molecular weight excluding hydrogens is 289 g/mol. The fourth-order valence-electron chi connectivity index (χ4n) is 1.65. The van der Waals surface area contributed by atoms with Crippen LogP contribution in [0.4, 0.5) is 5.69 Å². The first-order valence-corrected chi connectivity index (χ1v) is 6.51. The zero-order chi connectivity index (χ0) is 11.7. The van der Waals surface area contributed by atoms with Gasteiger partial charge in [-0.25, -0.2) is 0 Å². The Labute approximate surface area is 108 Å². The Morgan fingerprint density at radius 3 is 2.88 bits per heavy atom. The second-order valence-electron chi connectivity index (χ2n) is 4.24.